The van der Waals surface area contributed by atoms with Gasteiger partial charge in [0, 0.05) is 26.2 Å². The van der Waals surface area contributed by atoms with Gasteiger partial charge in [0.15, 0.2) is 0 Å². The molecule has 6 heteroatoms. The number of ether oxygens (including phenoxy) is 1. The summed E-state index contributed by atoms with van der Waals surface area (Å²) in [6.45, 7) is 2.67. The van der Waals surface area contributed by atoms with Crippen molar-refractivity contribution in [3.8, 4) is 5.75 Å². The van der Waals surface area contributed by atoms with Gasteiger partial charge in [-0.15, -0.1) is 0 Å². The van der Waals surface area contributed by atoms with Crippen LogP contribution in [0.5, 0.6) is 5.75 Å². The smallest absolute Gasteiger partial charge is 0.243 e. The number of rotatable bonds is 7. The molecule has 2 aromatic carbocycles. The Balaban J connectivity index is 1.57. The molecule has 2 aromatic rings. The molecule has 1 saturated heterocycles. The molecular weight excluding hydrogens is 336 g/mol. The summed E-state index contributed by atoms with van der Waals surface area (Å²) in [4.78, 5) is 0.381. The van der Waals surface area contributed by atoms with E-state index in [2.05, 4.69) is 5.32 Å². The van der Waals surface area contributed by atoms with Gasteiger partial charge < -0.3 is 10.1 Å². The third kappa shape index (κ3) is 4.39. The van der Waals surface area contributed by atoms with Crippen molar-refractivity contribution in [2.24, 2.45) is 0 Å². The van der Waals surface area contributed by atoms with Crippen LogP contribution in [0.1, 0.15) is 24.0 Å². The highest BCUT2D eigenvalue weighted by molar-refractivity contribution is 7.89. The van der Waals surface area contributed by atoms with Crippen LogP contribution in [-0.4, -0.2) is 32.9 Å². The fourth-order valence-electron chi connectivity index (χ4n) is 2.99. The topological polar surface area (TPSA) is 58.6 Å². The van der Waals surface area contributed by atoms with Gasteiger partial charge in [-0.1, -0.05) is 24.3 Å². The number of methoxy groups -OCH3 is 1. The molecule has 1 heterocycles. The van der Waals surface area contributed by atoms with Gasteiger partial charge in [-0.3, -0.25) is 0 Å². The summed E-state index contributed by atoms with van der Waals surface area (Å²) in [6, 6.07) is 15.1. The molecule has 1 fully saturated rings. The SMILES string of the molecule is COc1cccc(CNCc2ccc(S(=O)(=O)N3CCCC3)cc2)c1. The van der Waals surface area contributed by atoms with Gasteiger partial charge in [0.1, 0.15) is 5.75 Å². The zero-order valence-electron chi connectivity index (χ0n) is 14.4. The van der Waals surface area contributed by atoms with Gasteiger partial charge >= 0.3 is 0 Å². The number of nitrogens with zero attached hydrogens (tertiary/aromatic N) is 1. The monoisotopic (exact) mass is 360 g/mol. The Morgan fingerprint density at radius 3 is 2.36 bits per heavy atom. The molecule has 134 valence electrons. The lowest BCUT2D eigenvalue weighted by atomic mass is 10.2. The van der Waals surface area contributed by atoms with Crippen molar-refractivity contribution in [3.05, 3.63) is 59.7 Å². The summed E-state index contributed by atoms with van der Waals surface area (Å²) in [5, 5.41) is 3.37. The zero-order valence-corrected chi connectivity index (χ0v) is 15.3. The molecule has 0 spiro atoms. The lowest BCUT2D eigenvalue weighted by molar-refractivity contribution is 0.414. The van der Waals surface area contributed by atoms with E-state index < -0.39 is 10.0 Å². The molecule has 0 saturated carbocycles. The van der Waals surface area contributed by atoms with Gasteiger partial charge in [0.25, 0.3) is 0 Å². The first-order valence-electron chi connectivity index (χ1n) is 8.52. The van der Waals surface area contributed by atoms with Crippen molar-refractivity contribution in [2.75, 3.05) is 20.2 Å². The summed E-state index contributed by atoms with van der Waals surface area (Å²) in [6.07, 6.45) is 1.90. The largest absolute Gasteiger partial charge is 0.497 e. The van der Waals surface area contributed by atoms with E-state index in [1.54, 1.807) is 23.5 Å². The van der Waals surface area contributed by atoms with Crippen molar-refractivity contribution >= 4 is 10.0 Å². The van der Waals surface area contributed by atoms with E-state index in [1.807, 2.05) is 36.4 Å². The second kappa shape index (κ2) is 7.99. The first kappa shape index (κ1) is 17.9. The van der Waals surface area contributed by atoms with E-state index in [9.17, 15) is 8.42 Å². The Morgan fingerprint density at radius 2 is 1.68 bits per heavy atom. The summed E-state index contributed by atoms with van der Waals surface area (Å²) in [5.41, 5.74) is 2.20. The Labute approximate surface area is 149 Å². The zero-order chi connectivity index (χ0) is 17.7. The summed E-state index contributed by atoms with van der Waals surface area (Å²) in [5.74, 6) is 0.843. The summed E-state index contributed by atoms with van der Waals surface area (Å²) in [7, 11) is -1.67. The van der Waals surface area contributed by atoms with Crippen molar-refractivity contribution in [2.45, 2.75) is 30.8 Å². The maximum absolute atomic E-state index is 12.5. The number of hydrogen-bond donors (Lipinski definition) is 1. The highest BCUT2D eigenvalue weighted by atomic mass is 32.2. The molecule has 0 aromatic heterocycles. The Morgan fingerprint density at radius 1 is 1.00 bits per heavy atom. The van der Waals surface area contributed by atoms with E-state index >= 15 is 0 Å². The van der Waals surface area contributed by atoms with Crippen LogP contribution in [0, 0.1) is 0 Å². The van der Waals surface area contributed by atoms with Crippen LogP contribution in [0.2, 0.25) is 0 Å². The van der Waals surface area contributed by atoms with Crippen LogP contribution in [0.15, 0.2) is 53.4 Å². The average molecular weight is 360 g/mol. The van der Waals surface area contributed by atoms with Crippen LogP contribution in [0.25, 0.3) is 0 Å². The summed E-state index contributed by atoms with van der Waals surface area (Å²) >= 11 is 0. The first-order chi connectivity index (χ1) is 12.1. The van der Waals surface area contributed by atoms with Crippen LogP contribution >= 0.6 is 0 Å². The van der Waals surface area contributed by atoms with Crippen LogP contribution in [-0.2, 0) is 23.1 Å². The van der Waals surface area contributed by atoms with Crippen LogP contribution < -0.4 is 10.1 Å². The number of hydrogen-bond acceptors (Lipinski definition) is 4. The second-order valence-electron chi connectivity index (χ2n) is 6.21. The van der Waals surface area contributed by atoms with Crippen molar-refractivity contribution in [1.82, 2.24) is 9.62 Å². The third-order valence-corrected chi connectivity index (χ3v) is 6.33. The normalized spacial score (nSPS) is 15.4. The Kier molecular flexibility index (Phi) is 5.73. The minimum absolute atomic E-state index is 0.381. The molecule has 1 aliphatic heterocycles. The predicted molar refractivity (Wildman–Crippen MR) is 98.0 cm³/mol. The quantitative estimate of drug-likeness (QED) is 0.825. The minimum atomic E-state index is -3.33. The van der Waals surface area contributed by atoms with Crippen molar-refractivity contribution in [3.63, 3.8) is 0 Å². The van der Waals surface area contributed by atoms with Crippen molar-refractivity contribution < 1.29 is 13.2 Å². The van der Waals surface area contributed by atoms with Gasteiger partial charge in [-0.05, 0) is 48.2 Å². The Hall–Kier alpha value is -1.89. The van der Waals surface area contributed by atoms with Crippen LogP contribution in [0.3, 0.4) is 0 Å². The van der Waals surface area contributed by atoms with E-state index in [-0.39, 0.29) is 0 Å². The van der Waals surface area contributed by atoms with Crippen molar-refractivity contribution in [1.29, 1.82) is 0 Å². The average Bonchev–Trinajstić information content (AvgIpc) is 3.18. The van der Waals surface area contributed by atoms with E-state index in [0.717, 1.165) is 36.3 Å². The molecule has 0 radical (unpaired) electrons. The summed E-state index contributed by atoms with van der Waals surface area (Å²) < 4.78 is 31.8. The molecule has 3 rings (SSSR count). The molecule has 0 amide bonds. The highest BCUT2D eigenvalue weighted by Crippen LogP contribution is 2.21. The van der Waals surface area contributed by atoms with E-state index in [1.165, 1.54) is 0 Å². The number of nitrogens with one attached hydrogen (secondary N) is 1. The van der Waals surface area contributed by atoms with E-state index in [0.29, 0.717) is 24.5 Å². The second-order valence-corrected chi connectivity index (χ2v) is 8.15. The van der Waals surface area contributed by atoms with Crippen LogP contribution in [0.4, 0.5) is 0 Å². The first-order valence-corrected chi connectivity index (χ1v) is 9.96. The lowest BCUT2D eigenvalue weighted by Gasteiger charge is -2.15. The van der Waals surface area contributed by atoms with Gasteiger partial charge in [0.2, 0.25) is 10.0 Å². The Bertz CT molecular complexity index is 798. The number of benzene rings is 2. The van der Waals surface area contributed by atoms with Gasteiger partial charge in [-0.25, -0.2) is 8.42 Å². The highest BCUT2D eigenvalue weighted by Gasteiger charge is 2.26. The fraction of sp³-hybridized carbons (Fsp3) is 0.368. The minimum Gasteiger partial charge on any atom is -0.497 e. The van der Waals surface area contributed by atoms with Gasteiger partial charge in [0.05, 0.1) is 12.0 Å². The van der Waals surface area contributed by atoms with E-state index in [4.69, 9.17) is 4.74 Å². The standard InChI is InChI=1S/C19H24N2O3S/c1-24-18-6-4-5-17(13-18)15-20-14-16-7-9-19(10-8-16)25(22,23)21-11-2-3-12-21/h4-10,13,20H,2-3,11-12,14-15H2,1H3. The molecule has 0 bridgehead atoms. The fourth-order valence-corrected chi connectivity index (χ4v) is 4.51. The molecule has 5 nitrogen and oxygen atoms in total. The molecule has 25 heavy (non-hydrogen) atoms. The van der Waals surface area contributed by atoms with Gasteiger partial charge in [-0.2, -0.15) is 4.31 Å². The third-order valence-electron chi connectivity index (χ3n) is 4.42. The lowest BCUT2D eigenvalue weighted by Crippen LogP contribution is -2.27. The molecule has 0 unspecified atom stereocenters. The molecular formula is C19H24N2O3S. The maximum atomic E-state index is 12.5. The molecule has 1 N–H and O–H groups in total. The molecule has 0 atom stereocenters. The predicted octanol–water partition coefficient (Wildman–Crippen LogP) is 2.77. The molecule has 1 aliphatic rings. The molecule has 0 aliphatic carbocycles. The number of sulfonamides is 1. The maximum Gasteiger partial charge on any atom is 0.243 e.